The Morgan fingerprint density at radius 3 is 2.27 bits per heavy atom. The fraction of sp³-hybridized carbons (Fsp3) is 0.579. The van der Waals surface area contributed by atoms with Gasteiger partial charge in [-0.15, -0.1) is 0 Å². The number of carbonyl (C=O) groups is 2. The van der Waals surface area contributed by atoms with Gasteiger partial charge in [0.25, 0.3) is 0 Å². The highest BCUT2D eigenvalue weighted by atomic mass is 16.5. The molecule has 1 atom stereocenters. The number of rotatable bonds is 6. The van der Waals surface area contributed by atoms with Crippen molar-refractivity contribution >= 4 is 17.5 Å². The summed E-state index contributed by atoms with van der Waals surface area (Å²) in [5.74, 6) is -1.19. The number of ether oxygens (including phenoxy) is 1. The minimum atomic E-state index is -0.595. The van der Waals surface area contributed by atoms with Crippen LogP contribution in [0.3, 0.4) is 0 Å². The lowest BCUT2D eigenvalue weighted by Gasteiger charge is -2.35. The molecule has 1 aromatic carbocycles. The number of hydrogen-bond donors (Lipinski definition) is 2. The lowest BCUT2D eigenvalue weighted by Crippen LogP contribution is -2.47. The van der Waals surface area contributed by atoms with Crippen molar-refractivity contribution in [2.24, 2.45) is 0 Å². The zero-order chi connectivity index (χ0) is 19.1. The number of nitrogens with one attached hydrogen (secondary N) is 2. The fourth-order valence-corrected chi connectivity index (χ4v) is 2.94. The highest BCUT2D eigenvalue weighted by Crippen LogP contribution is 2.23. The van der Waals surface area contributed by atoms with E-state index < -0.39 is 11.8 Å². The zero-order valence-corrected chi connectivity index (χ0v) is 16.1. The van der Waals surface area contributed by atoms with Gasteiger partial charge in [-0.25, -0.2) is 0 Å². The van der Waals surface area contributed by atoms with Crippen molar-refractivity contribution in [1.82, 2.24) is 15.5 Å². The van der Waals surface area contributed by atoms with E-state index in [0.717, 1.165) is 24.3 Å². The summed E-state index contributed by atoms with van der Waals surface area (Å²) in [6, 6.07) is 8.23. The zero-order valence-electron chi connectivity index (χ0n) is 16.1. The molecule has 1 unspecified atom stereocenters. The van der Waals surface area contributed by atoms with Gasteiger partial charge in [0, 0.05) is 45.5 Å². The number of anilines is 1. The van der Waals surface area contributed by atoms with Crippen LogP contribution in [0.5, 0.6) is 0 Å². The number of hydrogen-bond acceptors (Lipinski definition) is 5. The molecule has 7 nitrogen and oxygen atoms in total. The van der Waals surface area contributed by atoms with E-state index in [2.05, 4.69) is 39.8 Å². The van der Waals surface area contributed by atoms with Crippen molar-refractivity contribution in [2.75, 3.05) is 51.8 Å². The van der Waals surface area contributed by atoms with Crippen LogP contribution in [-0.4, -0.2) is 69.7 Å². The van der Waals surface area contributed by atoms with Gasteiger partial charge >= 0.3 is 11.8 Å². The number of nitrogens with zero attached hydrogens (tertiary/aromatic N) is 2. The smallest absolute Gasteiger partial charge is 0.309 e. The van der Waals surface area contributed by atoms with Gasteiger partial charge < -0.3 is 20.3 Å². The summed E-state index contributed by atoms with van der Waals surface area (Å²) in [7, 11) is 4.00. The third-order valence-corrected chi connectivity index (χ3v) is 4.36. The quantitative estimate of drug-likeness (QED) is 0.731. The summed E-state index contributed by atoms with van der Waals surface area (Å²) < 4.78 is 5.44. The maximum atomic E-state index is 12.1. The van der Waals surface area contributed by atoms with Crippen molar-refractivity contribution in [1.29, 1.82) is 0 Å². The van der Waals surface area contributed by atoms with E-state index >= 15 is 0 Å². The Labute approximate surface area is 155 Å². The van der Waals surface area contributed by atoms with Crippen LogP contribution in [0.15, 0.2) is 24.3 Å². The van der Waals surface area contributed by atoms with E-state index in [-0.39, 0.29) is 12.1 Å². The largest absolute Gasteiger partial charge is 0.379 e. The second-order valence-corrected chi connectivity index (χ2v) is 6.99. The molecule has 0 radical (unpaired) electrons. The van der Waals surface area contributed by atoms with Gasteiger partial charge in [-0.1, -0.05) is 12.1 Å². The average molecular weight is 362 g/mol. The van der Waals surface area contributed by atoms with E-state index in [0.29, 0.717) is 19.8 Å². The van der Waals surface area contributed by atoms with E-state index in [1.165, 1.54) is 0 Å². The normalized spacial score (nSPS) is 16.2. The van der Waals surface area contributed by atoms with Crippen LogP contribution < -0.4 is 15.5 Å². The van der Waals surface area contributed by atoms with Gasteiger partial charge in [0.05, 0.1) is 19.3 Å². The van der Waals surface area contributed by atoms with Crippen LogP contribution in [-0.2, 0) is 14.3 Å². The van der Waals surface area contributed by atoms with Crippen molar-refractivity contribution < 1.29 is 14.3 Å². The molecule has 2 rings (SSSR count). The van der Waals surface area contributed by atoms with Crippen LogP contribution in [0.25, 0.3) is 0 Å². The second-order valence-electron chi connectivity index (χ2n) is 6.99. The van der Waals surface area contributed by atoms with E-state index in [4.69, 9.17) is 4.74 Å². The molecule has 1 fully saturated rings. The number of morpholine rings is 1. The van der Waals surface area contributed by atoms with Crippen molar-refractivity contribution in [3.05, 3.63) is 29.8 Å². The molecular weight excluding hydrogens is 332 g/mol. The molecule has 0 aromatic heterocycles. The highest BCUT2D eigenvalue weighted by Gasteiger charge is 2.24. The Hall–Kier alpha value is -2.12. The van der Waals surface area contributed by atoms with Gasteiger partial charge in [-0.05, 0) is 31.5 Å². The molecule has 2 N–H and O–H groups in total. The van der Waals surface area contributed by atoms with Gasteiger partial charge in [-0.2, -0.15) is 0 Å². The fourth-order valence-electron chi connectivity index (χ4n) is 2.94. The first kappa shape index (κ1) is 20.2. The van der Waals surface area contributed by atoms with Crippen LogP contribution in [0.2, 0.25) is 0 Å². The van der Waals surface area contributed by atoms with Crippen LogP contribution in [0, 0.1) is 0 Å². The summed E-state index contributed by atoms with van der Waals surface area (Å²) in [5, 5.41) is 5.39. The summed E-state index contributed by atoms with van der Waals surface area (Å²) in [6.45, 7) is 6.98. The van der Waals surface area contributed by atoms with Crippen molar-refractivity contribution in [3.8, 4) is 0 Å². The van der Waals surface area contributed by atoms with E-state index in [1.807, 2.05) is 32.8 Å². The molecule has 1 aliphatic heterocycles. The standard InChI is InChI=1S/C19H30N4O3/c1-14(2)21-19(25)18(24)20-13-17(23-9-11-26-12-10-23)15-5-7-16(8-6-15)22(3)4/h5-8,14,17H,9-13H2,1-4H3,(H,20,24)(H,21,25). The molecule has 7 heteroatoms. The second kappa shape index (κ2) is 9.54. The maximum absolute atomic E-state index is 12.1. The first-order valence-electron chi connectivity index (χ1n) is 9.06. The first-order valence-corrected chi connectivity index (χ1v) is 9.06. The van der Waals surface area contributed by atoms with Crippen LogP contribution in [0.1, 0.15) is 25.5 Å². The van der Waals surface area contributed by atoms with E-state index in [9.17, 15) is 9.59 Å². The van der Waals surface area contributed by atoms with Gasteiger partial charge in [-0.3, -0.25) is 14.5 Å². The summed E-state index contributed by atoms with van der Waals surface area (Å²) >= 11 is 0. The molecule has 1 aliphatic rings. The Balaban J connectivity index is 2.08. The number of carbonyl (C=O) groups excluding carboxylic acids is 2. The molecule has 0 saturated carbocycles. The summed E-state index contributed by atoms with van der Waals surface area (Å²) in [5.41, 5.74) is 2.23. The molecule has 2 amide bonds. The van der Waals surface area contributed by atoms with Crippen LogP contribution in [0.4, 0.5) is 5.69 Å². The summed E-state index contributed by atoms with van der Waals surface area (Å²) in [6.07, 6.45) is 0. The molecular formula is C19H30N4O3. The monoisotopic (exact) mass is 362 g/mol. The minimum absolute atomic E-state index is 0.00547. The van der Waals surface area contributed by atoms with Crippen molar-refractivity contribution in [2.45, 2.75) is 25.9 Å². The molecule has 1 saturated heterocycles. The predicted molar refractivity (Wildman–Crippen MR) is 102 cm³/mol. The molecule has 0 bridgehead atoms. The topological polar surface area (TPSA) is 73.9 Å². The Kier molecular flexibility index (Phi) is 7.41. The molecule has 1 aromatic rings. The molecule has 26 heavy (non-hydrogen) atoms. The lowest BCUT2D eigenvalue weighted by molar-refractivity contribution is -0.139. The third kappa shape index (κ3) is 5.71. The molecule has 0 aliphatic carbocycles. The van der Waals surface area contributed by atoms with Gasteiger partial charge in [0.15, 0.2) is 0 Å². The van der Waals surface area contributed by atoms with Gasteiger partial charge in [0.1, 0.15) is 0 Å². The van der Waals surface area contributed by atoms with Gasteiger partial charge in [0.2, 0.25) is 0 Å². The number of amides is 2. The van der Waals surface area contributed by atoms with Crippen LogP contribution >= 0.6 is 0 Å². The molecule has 1 heterocycles. The molecule has 0 spiro atoms. The maximum Gasteiger partial charge on any atom is 0.309 e. The predicted octanol–water partition coefficient (Wildman–Crippen LogP) is 0.767. The Bertz CT molecular complexity index is 595. The number of benzene rings is 1. The average Bonchev–Trinajstić information content (AvgIpc) is 2.62. The minimum Gasteiger partial charge on any atom is -0.379 e. The third-order valence-electron chi connectivity index (χ3n) is 4.36. The van der Waals surface area contributed by atoms with Crippen molar-refractivity contribution in [3.63, 3.8) is 0 Å². The first-order chi connectivity index (χ1) is 12.4. The summed E-state index contributed by atoms with van der Waals surface area (Å²) in [4.78, 5) is 28.2. The van der Waals surface area contributed by atoms with E-state index in [1.54, 1.807) is 0 Å². The highest BCUT2D eigenvalue weighted by molar-refractivity contribution is 6.35. The lowest BCUT2D eigenvalue weighted by atomic mass is 10.0. The SMILES string of the molecule is CC(C)NC(=O)C(=O)NCC(c1ccc(N(C)C)cc1)N1CCOCC1. The Morgan fingerprint density at radius 2 is 1.73 bits per heavy atom. The Morgan fingerprint density at radius 1 is 1.12 bits per heavy atom. The molecule has 144 valence electrons.